The van der Waals surface area contributed by atoms with Crippen LogP contribution in [0.2, 0.25) is 0 Å². The van der Waals surface area contributed by atoms with Crippen molar-refractivity contribution in [1.29, 1.82) is 0 Å². The monoisotopic (exact) mass is 275 g/mol. The summed E-state index contributed by atoms with van der Waals surface area (Å²) in [6.07, 6.45) is 3.54. The van der Waals surface area contributed by atoms with E-state index in [-0.39, 0.29) is 18.1 Å². The number of benzene rings is 1. The van der Waals surface area contributed by atoms with E-state index in [2.05, 4.69) is 0 Å². The molecule has 2 atom stereocenters. The van der Waals surface area contributed by atoms with E-state index in [9.17, 15) is 4.79 Å². The van der Waals surface area contributed by atoms with Crippen LogP contribution in [0.15, 0.2) is 30.3 Å². The summed E-state index contributed by atoms with van der Waals surface area (Å²) in [5.41, 5.74) is 0.964. The van der Waals surface area contributed by atoms with Crippen LogP contribution < -0.4 is 4.90 Å². The Kier molecular flexibility index (Phi) is 4.33. The lowest BCUT2D eigenvalue weighted by molar-refractivity contribution is -0.121. The Balaban J connectivity index is 1.75. The van der Waals surface area contributed by atoms with Gasteiger partial charge in [0.25, 0.3) is 0 Å². The number of hydrogen-bond donors (Lipinski definition) is 0. The number of carbonyl (C=O) groups excluding carboxylic acids is 1. The maximum atomic E-state index is 12.7. The fourth-order valence-corrected chi connectivity index (χ4v) is 2.97. The van der Waals surface area contributed by atoms with Gasteiger partial charge in [-0.25, -0.2) is 0 Å². The van der Waals surface area contributed by atoms with Crippen molar-refractivity contribution in [1.82, 2.24) is 0 Å². The first-order valence-corrected chi connectivity index (χ1v) is 7.41. The molecule has 2 fully saturated rings. The SMILES string of the molecule is O=C(CC1CCCO1)N(c1ccccc1)C1CCOC1. The van der Waals surface area contributed by atoms with Gasteiger partial charge in [0.1, 0.15) is 0 Å². The third-order valence-electron chi connectivity index (χ3n) is 4.00. The average molecular weight is 275 g/mol. The van der Waals surface area contributed by atoms with Gasteiger partial charge in [0.2, 0.25) is 5.91 Å². The highest BCUT2D eigenvalue weighted by Crippen LogP contribution is 2.25. The van der Waals surface area contributed by atoms with E-state index in [0.717, 1.165) is 38.2 Å². The predicted molar refractivity (Wildman–Crippen MR) is 76.7 cm³/mol. The number of ether oxygens (including phenoxy) is 2. The molecule has 108 valence electrons. The number of nitrogens with zero attached hydrogens (tertiary/aromatic N) is 1. The van der Waals surface area contributed by atoms with Crippen LogP contribution >= 0.6 is 0 Å². The molecule has 4 heteroatoms. The molecule has 2 aliphatic heterocycles. The molecule has 0 aliphatic carbocycles. The molecule has 0 aromatic heterocycles. The Bertz CT molecular complexity index is 436. The van der Waals surface area contributed by atoms with Crippen LogP contribution in [0.1, 0.15) is 25.7 Å². The molecule has 1 aromatic carbocycles. The van der Waals surface area contributed by atoms with Crippen molar-refractivity contribution < 1.29 is 14.3 Å². The van der Waals surface area contributed by atoms with Crippen LogP contribution in [0.4, 0.5) is 5.69 Å². The van der Waals surface area contributed by atoms with E-state index in [1.54, 1.807) is 0 Å². The van der Waals surface area contributed by atoms with Gasteiger partial charge in [0, 0.05) is 18.9 Å². The Morgan fingerprint density at radius 1 is 1.20 bits per heavy atom. The summed E-state index contributed by atoms with van der Waals surface area (Å²) in [5.74, 6) is 0.151. The molecule has 1 amide bonds. The Morgan fingerprint density at radius 2 is 2.05 bits per heavy atom. The number of para-hydroxylation sites is 1. The van der Waals surface area contributed by atoms with Crippen molar-refractivity contribution in [3.63, 3.8) is 0 Å². The number of rotatable bonds is 4. The smallest absolute Gasteiger partial charge is 0.229 e. The molecule has 0 saturated carbocycles. The Morgan fingerprint density at radius 3 is 2.70 bits per heavy atom. The third-order valence-corrected chi connectivity index (χ3v) is 4.00. The molecule has 0 radical (unpaired) electrons. The topological polar surface area (TPSA) is 38.8 Å². The van der Waals surface area contributed by atoms with Gasteiger partial charge in [-0.1, -0.05) is 18.2 Å². The summed E-state index contributed by atoms with van der Waals surface area (Å²) in [6.45, 7) is 2.16. The second kappa shape index (κ2) is 6.37. The maximum Gasteiger partial charge on any atom is 0.229 e. The lowest BCUT2D eigenvalue weighted by atomic mass is 10.1. The first-order chi connectivity index (χ1) is 9.84. The first kappa shape index (κ1) is 13.6. The average Bonchev–Trinajstić information content (AvgIpc) is 3.14. The second-order valence-electron chi connectivity index (χ2n) is 5.46. The van der Waals surface area contributed by atoms with Gasteiger partial charge in [-0.15, -0.1) is 0 Å². The van der Waals surface area contributed by atoms with Crippen molar-refractivity contribution in [3.8, 4) is 0 Å². The minimum absolute atomic E-state index is 0.0935. The zero-order chi connectivity index (χ0) is 13.8. The van der Waals surface area contributed by atoms with Crippen LogP contribution in [-0.4, -0.2) is 37.9 Å². The van der Waals surface area contributed by atoms with Gasteiger partial charge in [0.05, 0.1) is 25.2 Å². The van der Waals surface area contributed by atoms with Gasteiger partial charge in [-0.3, -0.25) is 4.79 Å². The number of carbonyl (C=O) groups is 1. The summed E-state index contributed by atoms with van der Waals surface area (Å²) in [4.78, 5) is 14.6. The number of anilines is 1. The molecule has 1 aromatic rings. The molecule has 20 heavy (non-hydrogen) atoms. The van der Waals surface area contributed by atoms with Crippen LogP contribution in [0, 0.1) is 0 Å². The van der Waals surface area contributed by atoms with E-state index < -0.39 is 0 Å². The molecule has 0 N–H and O–H groups in total. The van der Waals surface area contributed by atoms with E-state index in [1.807, 2.05) is 35.2 Å². The third kappa shape index (κ3) is 3.02. The first-order valence-electron chi connectivity index (χ1n) is 7.41. The zero-order valence-electron chi connectivity index (χ0n) is 11.7. The fraction of sp³-hybridized carbons (Fsp3) is 0.562. The molecule has 4 nitrogen and oxygen atoms in total. The summed E-state index contributed by atoms with van der Waals surface area (Å²) in [7, 11) is 0. The van der Waals surface area contributed by atoms with Crippen molar-refractivity contribution >= 4 is 11.6 Å². The standard InChI is InChI=1S/C16H21NO3/c18-16(11-15-7-4-9-20-15)17(14-8-10-19-12-14)13-5-2-1-3-6-13/h1-3,5-6,14-15H,4,7-12H2. The second-order valence-corrected chi connectivity index (χ2v) is 5.46. The van der Waals surface area contributed by atoms with Gasteiger partial charge >= 0.3 is 0 Å². The fourth-order valence-electron chi connectivity index (χ4n) is 2.97. The molecule has 2 saturated heterocycles. The van der Waals surface area contributed by atoms with Gasteiger partial charge < -0.3 is 14.4 Å². The molecular weight excluding hydrogens is 254 g/mol. The largest absolute Gasteiger partial charge is 0.379 e. The van der Waals surface area contributed by atoms with Crippen LogP contribution in [0.5, 0.6) is 0 Å². The van der Waals surface area contributed by atoms with Crippen molar-refractivity contribution in [3.05, 3.63) is 30.3 Å². The molecule has 2 aliphatic rings. The quantitative estimate of drug-likeness (QED) is 0.847. The number of amides is 1. The van der Waals surface area contributed by atoms with E-state index in [1.165, 1.54) is 0 Å². The minimum Gasteiger partial charge on any atom is -0.379 e. The molecule has 3 rings (SSSR count). The summed E-state index contributed by atoms with van der Waals surface area (Å²) in [6, 6.07) is 10.1. The zero-order valence-corrected chi connectivity index (χ0v) is 11.7. The molecule has 0 bridgehead atoms. The van der Waals surface area contributed by atoms with Crippen molar-refractivity contribution in [2.75, 3.05) is 24.7 Å². The van der Waals surface area contributed by atoms with E-state index >= 15 is 0 Å². The van der Waals surface area contributed by atoms with E-state index in [4.69, 9.17) is 9.47 Å². The van der Waals surface area contributed by atoms with E-state index in [0.29, 0.717) is 13.0 Å². The molecule has 2 unspecified atom stereocenters. The van der Waals surface area contributed by atoms with Crippen LogP contribution in [0.3, 0.4) is 0 Å². The lowest BCUT2D eigenvalue weighted by Gasteiger charge is -2.29. The Hall–Kier alpha value is -1.39. The molecular formula is C16H21NO3. The Labute approximate surface area is 119 Å². The highest BCUT2D eigenvalue weighted by Gasteiger charge is 2.30. The number of hydrogen-bond acceptors (Lipinski definition) is 3. The van der Waals surface area contributed by atoms with Gasteiger partial charge in [0.15, 0.2) is 0 Å². The summed E-state index contributed by atoms with van der Waals surface area (Å²) < 4.78 is 11.0. The normalized spacial score (nSPS) is 25.8. The van der Waals surface area contributed by atoms with Gasteiger partial charge in [-0.2, -0.15) is 0 Å². The van der Waals surface area contributed by atoms with Crippen molar-refractivity contribution in [2.24, 2.45) is 0 Å². The highest BCUT2D eigenvalue weighted by atomic mass is 16.5. The maximum absolute atomic E-state index is 12.7. The predicted octanol–water partition coefficient (Wildman–Crippen LogP) is 2.38. The van der Waals surface area contributed by atoms with Crippen molar-refractivity contribution in [2.45, 2.75) is 37.8 Å². The summed E-state index contributed by atoms with van der Waals surface area (Å²) >= 11 is 0. The molecule has 0 spiro atoms. The highest BCUT2D eigenvalue weighted by molar-refractivity contribution is 5.94. The van der Waals surface area contributed by atoms with Gasteiger partial charge in [-0.05, 0) is 31.4 Å². The molecule has 2 heterocycles. The minimum atomic E-state index is 0.0935. The van der Waals surface area contributed by atoms with Crippen LogP contribution in [-0.2, 0) is 14.3 Å². The summed E-state index contributed by atoms with van der Waals surface area (Å²) in [5, 5.41) is 0. The van der Waals surface area contributed by atoms with Crippen LogP contribution in [0.25, 0.3) is 0 Å². The lowest BCUT2D eigenvalue weighted by Crippen LogP contribution is -2.42.